The highest BCUT2D eigenvalue weighted by Crippen LogP contribution is 2.26. The molecule has 1 atom stereocenters. The summed E-state index contributed by atoms with van der Waals surface area (Å²) < 4.78 is 13.5. The predicted octanol–water partition coefficient (Wildman–Crippen LogP) is 3.82. The average molecular weight is 252 g/mol. The van der Waals surface area contributed by atoms with Crippen LogP contribution in [0.5, 0.6) is 0 Å². The van der Waals surface area contributed by atoms with Gasteiger partial charge in [0.2, 0.25) is 0 Å². The van der Waals surface area contributed by atoms with E-state index in [1.165, 1.54) is 12.5 Å². The van der Waals surface area contributed by atoms with Crippen LogP contribution < -0.4 is 5.32 Å². The molecule has 0 saturated heterocycles. The number of nitrogens with zero attached hydrogens (tertiary/aromatic N) is 1. The summed E-state index contributed by atoms with van der Waals surface area (Å²) in [5, 5.41) is 4.47. The summed E-state index contributed by atoms with van der Waals surface area (Å²) in [7, 11) is 0. The largest absolute Gasteiger partial charge is 0.333 e. The van der Waals surface area contributed by atoms with Gasteiger partial charge in [0.05, 0.1) is 12.2 Å². The number of benzene rings is 1. The molecule has 1 aromatic rings. The highest BCUT2D eigenvalue weighted by Gasteiger charge is 2.19. The second-order valence-corrected chi connectivity index (χ2v) is 5.57. The van der Waals surface area contributed by atoms with Crippen molar-refractivity contribution >= 4 is 22.6 Å². The van der Waals surface area contributed by atoms with Gasteiger partial charge in [-0.2, -0.15) is 0 Å². The molecule has 1 aliphatic heterocycles. The number of hydrogen-bond acceptors (Lipinski definition) is 3. The quantitative estimate of drug-likeness (QED) is 0.884. The zero-order valence-electron chi connectivity index (χ0n) is 10.2. The Morgan fingerprint density at radius 3 is 3.12 bits per heavy atom. The molecule has 0 amide bonds. The topological polar surface area (TPSA) is 24.4 Å². The Morgan fingerprint density at radius 2 is 2.35 bits per heavy atom. The Balaban J connectivity index is 2.00. The van der Waals surface area contributed by atoms with Gasteiger partial charge in [-0.1, -0.05) is 31.2 Å². The van der Waals surface area contributed by atoms with E-state index in [1.54, 1.807) is 17.8 Å². The van der Waals surface area contributed by atoms with Crippen molar-refractivity contribution in [3.8, 4) is 0 Å². The van der Waals surface area contributed by atoms with Crippen molar-refractivity contribution in [2.75, 3.05) is 11.9 Å². The Kier molecular flexibility index (Phi) is 4.05. The lowest BCUT2D eigenvalue weighted by atomic mass is 10.2. The molecule has 1 aromatic carbocycles. The zero-order chi connectivity index (χ0) is 12.3. The number of amidine groups is 1. The van der Waals surface area contributed by atoms with Crippen LogP contribution in [-0.2, 0) is 0 Å². The number of nitrogens with one attached hydrogen (secondary N) is 1. The van der Waals surface area contributed by atoms with Crippen LogP contribution in [0.4, 0.5) is 10.1 Å². The monoisotopic (exact) mass is 252 g/mol. The number of anilines is 1. The fraction of sp³-hybridized carbons (Fsp3) is 0.462. The number of halogens is 1. The van der Waals surface area contributed by atoms with Gasteiger partial charge >= 0.3 is 0 Å². The molecule has 0 saturated carbocycles. The summed E-state index contributed by atoms with van der Waals surface area (Å²) in [6, 6.07) is 5.07. The zero-order valence-corrected chi connectivity index (χ0v) is 11.0. The van der Waals surface area contributed by atoms with E-state index in [9.17, 15) is 4.39 Å². The third-order valence-corrected chi connectivity index (χ3v) is 3.86. The van der Waals surface area contributed by atoms with E-state index >= 15 is 0 Å². The van der Waals surface area contributed by atoms with E-state index in [1.807, 2.05) is 13.0 Å². The highest BCUT2D eigenvalue weighted by molar-refractivity contribution is 8.15. The molecule has 1 N–H and O–H groups in total. The lowest BCUT2D eigenvalue weighted by molar-refractivity contribution is 0.632. The molecule has 1 aliphatic rings. The number of aliphatic imine (C=N–C) groups is 1. The average Bonchev–Trinajstić information content (AvgIpc) is 2.72. The molecule has 4 heteroatoms. The first-order chi connectivity index (χ1) is 8.19. The van der Waals surface area contributed by atoms with Crippen LogP contribution in [0.15, 0.2) is 23.2 Å². The van der Waals surface area contributed by atoms with Gasteiger partial charge in [0.15, 0.2) is 5.17 Å². The van der Waals surface area contributed by atoms with Gasteiger partial charge in [-0.25, -0.2) is 4.39 Å². The van der Waals surface area contributed by atoms with E-state index in [-0.39, 0.29) is 5.82 Å². The maximum Gasteiger partial charge on any atom is 0.161 e. The van der Waals surface area contributed by atoms with Crippen molar-refractivity contribution < 1.29 is 4.39 Å². The molecular weight excluding hydrogens is 235 g/mol. The molecule has 0 aromatic heterocycles. The third-order valence-electron chi connectivity index (χ3n) is 2.69. The summed E-state index contributed by atoms with van der Waals surface area (Å²) in [5.41, 5.74) is 1.57. The number of hydrogen-bond donors (Lipinski definition) is 1. The molecule has 0 spiro atoms. The minimum Gasteiger partial charge on any atom is -0.333 e. The van der Waals surface area contributed by atoms with Crippen molar-refractivity contribution in [3.63, 3.8) is 0 Å². The van der Waals surface area contributed by atoms with Gasteiger partial charge in [-0.05, 0) is 31.0 Å². The van der Waals surface area contributed by atoms with E-state index in [2.05, 4.69) is 17.2 Å². The molecule has 17 heavy (non-hydrogen) atoms. The molecule has 2 nitrogen and oxygen atoms in total. The second kappa shape index (κ2) is 5.54. The van der Waals surface area contributed by atoms with Crippen LogP contribution >= 0.6 is 11.8 Å². The number of rotatable bonds is 3. The van der Waals surface area contributed by atoms with Gasteiger partial charge < -0.3 is 5.32 Å². The van der Waals surface area contributed by atoms with E-state index in [0.717, 1.165) is 23.7 Å². The summed E-state index contributed by atoms with van der Waals surface area (Å²) in [6.45, 7) is 4.97. The van der Waals surface area contributed by atoms with Crippen molar-refractivity contribution in [2.24, 2.45) is 4.99 Å². The summed E-state index contributed by atoms with van der Waals surface area (Å²) in [4.78, 5) is 4.40. The van der Waals surface area contributed by atoms with Gasteiger partial charge in [0.1, 0.15) is 5.82 Å². The minimum atomic E-state index is -0.224. The minimum absolute atomic E-state index is 0.224. The van der Waals surface area contributed by atoms with Gasteiger partial charge in [0.25, 0.3) is 0 Å². The maximum absolute atomic E-state index is 13.5. The number of aryl methyl sites for hydroxylation is 1. The van der Waals surface area contributed by atoms with Crippen LogP contribution in [0.25, 0.3) is 0 Å². The van der Waals surface area contributed by atoms with Crippen LogP contribution in [0.1, 0.15) is 25.3 Å². The third kappa shape index (κ3) is 3.22. The Morgan fingerprint density at radius 1 is 1.53 bits per heavy atom. The molecule has 0 bridgehead atoms. The lowest BCUT2D eigenvalue weighted by Crippen LogP contribution is -2.08. The fourth-order valence-electron chi connectivity index (χ4n) is 1.81. The first-order valence-corrected chi connectivity index (χ1v) is 6.81. The highest BCUT2D eigenvalue weighted by atomic mass is 32.2. The van der Waals surface area contributed by atoms with Crippen molar-refractivity contribution in [3.05, 3.63) is 29.6 Å². The summed E-state index contributed by atoms with van der Waals surface area (Å²) in [6.07, 6.45) is 2.33. The standard InChI is InChI=1S/C13H17FN2S/c1-3-4-10-8-15-13(17-10)16-12-7-9(2)5-6-11(12)14/h5-7,10H,3-4,8H2,1-2H3,(H,15,16). The molecule has 92 valence electrons. The van der Waals surface area contributed by atoms with Crippen LogP contribution in [0, 0.1) is 12.7 Å². The molecule has 0 fully saturated rings. The van der Waals surface area contributed by atoms with Gasteiger partial charge in [-0.15, -0.1) is 0 Å². The molecular formula is C13H17FN2S. The van der Waals surface area contributed by atoms with Crippen molar-refractivity contribution in [1.82, 2.24) is 0 Å². The van der Waals surface area contributed by atoms with Gasteiger partial charge in [0, 0.05) is 5.25 Å². The van der Waals surface area contributed by atoms with E-state index in [0.29, 0.717) is 10.9 Å². The van der Waals surface area contributed by atoms with Crippen LogP contribution in [0.2, 0.25) is 0 Å². The second-order valence-electron chi connectivity index (χ2n) is 4.28. The molecule has 0 aliphatic carbocycles. The molecule has 2 rings (SSSR count). The smallest absolute Gasteiger partial charge is 0.161 e. The Hall–Kier alpha value is -1.03. The fourth-order valence-corrected chi connectivity index (χ4v) is 2.94. The predicted molar refractivity (Wildman–Crippen MR) is 73.3 cm³/mol. The molecule has 0 radical (unpaired) electrons. The van der Waals surface area contributed by atoms with Gasteiger partial charge in [-0.3, -0.25) is 4.99 Å². The first-order valence-electron chi connectivity index (χ1n) is 5.93. The Labute approximate surface area is 106 Å². The Bertz CT molecular complexity index is 431. The van der Waals surface area contributed by atoms with Crippen LogP contribution in [-0.4, -0.2) is 17.0 Å². The molecule has 1 unspecified atom stereocenters. The van der Waals surface area contributed by atoms with Crippen molar-refractivity contribution in [2.45, 2.75) is 31.9 Å². The number of thioether (sulfide) groups is 1. The molecule has 1 heterocycles. The normalized spacial score (nSPS) is 19.2. The SMILES string of the molecule is CCCC1CN=C(Nc2cc(C)ccc2F)S1. The first kappa shape index (κ1) is 12.4. The lowest BCUT2D eigenvalue weighted by Gasteiger charge is -2.09. The van der Waals surface area contributed by atoms with E-state index < -0.39 is 0 Å². The maximum atomic E-state index is 13.5. The summed E-state index contributed by atoms with van der Waals surface area (Å²) >= 11 is 1.72. The van der Waals surface area contributed by atoms with Crippen LogP contribution in [0.3, 0.4) is 0 Å². The van der Waals surface area contributed by atoms with E-state index in [4.69, 9.17) is 0 Å². The summed E-state index contributed by atoms with van der Waals surface area (Å²) in [5.74, 6) is -0.224. The van der Waals surface area contributed by atoms with Crippen molar-refractivity contribution in [1.29, 1.82) is 0 Å².